The third-order valence-electron chi connectivity index (χ3n) is 2.44. The van der Waals surface area contributed by atoms with Gasteiger partial charge in [-0.05, 0) is 22.0 Å². The summed E-state index contributed by atoms with van der Waals surface area (Å²) in [6, 6.07) is 5.66. The number of ketones is 1. The fourth-order valence-corrected chi connectivity index (χ4v) is 2.38. The number of nitrogens with zero attached hydrogens (tertiary/aromatic N) is 1. The number of Topliss-reactive ketones (excluding diaryl/α,β-unsaturated/α-hetero) is 1. The fourth-order valence-electron chi connectivity index (χ4n) is 1.76. The molecule has 15 heavy (non-hydrogen) atoms. The van der Waals surface area contributed by atoms with Crippen LogP contribution in [0.5, 0.6) is 0 Å². The maximum Gasteiger partial charge on any atom is 0.178 e. The number of carbonyl (C=O) groups excluding carboxylic acids is 1. The number of para-hydroxylation sites is 1. The lowest BCUT2D eigenvalue weighted by atomic mass is 10.1. The summed E-state index contributed by atoms with van der Waals surface area (Å²) in [5.41, 5.74) is 7.00. The van der Waals surface area contributed by atoms with E-state index in [4.69, 9.17) is 5.73 Å². The van der Waals surface area contributed by atoms with Gasteiger partial charge in [-0.25, -0.2) is 0 Å². The molecule has 1 heterocycles. The maximum absolute atomic E-state index is 11.6. The molecule has 0 saturated carbocycles. The van der Waals surface area contributed by atoms with E-state index in [2.05, 4.69) is 15.9 Å². The normalized spacial score (nSPS) is 10.9. The fraction of sp³-hybridized carbons (Fsp3) is 0.182. The smallest absolute Gasteiger partial charge is 0.178 e. The Kier molecular flexibility index (Phi) is 2.63. The number of halogens is 1. The van der Waals surface area contributed by atoms with Gasteiger partial charge in [0.1, 0.15) is 0 Å². The van der Waals surface area contributed by atoms with Gasteiger partial charge in [0.05, 0.1) is 12.1 Å². The van der Waals surface area contributed by atoms with E-state index in [1.807, 2.05) is 36.0 Å². The van der Waals surface area contributed by atoms with E-state index < -0.39 is 0 Å². The van der Waals surface area contributed by atoms with E-state index in [1.54, 1.807) is 0 Å². The molecule has 0 aliphatic carbocycles. The number of aryl methyl sites for hydroxylation is 1. The number of nitrogens with two attached hydrogens (primary N) is 1. The first-order valence-electron chi connectivity index (χ1n) is 4.62. The molecule has 1 aromatic carbocycles. The molecule has 0 amide bonds. The van der Waals surface area contributed by atoms with Gasteiger partial charge in [-0.1, -0.05) is 12.1 Å². The minimum absolute atomic E-state index is 0.0331. The first-order chi connectivity index (χ1) is 7.15. The first kappa shape index (κ1) is 10.4. The molecule has 0 aliphatic heterocycles. The molecule has 1 aromatic heterocycles. The van der Waals surface area contributed by atoms with Gasteiger partial charge in [0.2, 0.25) is 0 Å². The molecule has 0 fully saturated rings. The Morgan fingerprint density at radius 1 is 1.53 bits per heavy atom. The number of fused-ring (bicyclic) bond motifs is 1. The first-order valence-corrected chi connectivity index (χ1v) is 5.41. The second-order valence-corrected chi connectivity index (χ2v) is 4.27. The Hall–Kier alpha value is -1.13. The van der Waals surface area contributed by atoms with Gasteiger partial charge >= 0.3 is 0 Å². The number of carbonyl (C=O) groups is 1. The van der Waals surface area contributed by atoms with Crippen LogP contribution in [0, 0.1) is 0 Å². The molecule has 78 valence electrons. The van der Waals surface area contributed by atoms with Gasteiger partial charge in [0.15, 0.2) is 5.78 Å². The number of hydrogen-bond donors (Lipinski definition) is 1. The molecule has 0 saturated heterocycles. The second kappa shape index (κ2) is 3.79. The largest absolute Gasteiger partial charge is 0.349 e. The quantitative estimate of drug-likeness (QED) is 0.847. The van der Waals surface area contributed by atoms with Gasteiger partial charge in [0, 0.05) is 28.7 Å². The van der Waals surface area contributed by atoms with Crippen LogP contribution in [0.4, 0.5) is 0 Å². The molecular formula is C11H11BrN2O. The molecule has 0 unspecified atom stereocenters. The van der Waals surface area contributed by atoms with Crippen molar-refractivity contribution in [2.24, 2.45) is 12.8 Å². The lowest BCUT2D eigenvalue weighted by molar-refractivity contribution is 0.100. The molecule has 2 N–H and O–H groups in total. The minimum atomic E-state index is -0.0331. The Morgan fingerprint density at radius 3 is 2.93 bits per heavy atom. The van der Waals surface area contributed by atoms with Gasteiger partial charge in [0.25, 0.3) is 0 Å². The Labute approximate surface area is 96.0 Å². The molecule has 3 nitrogen and oxygen atoms in total. The molecule has 4 heteroatoms. The molecule has 0 radical (unpaired) electrons. The molecular weight excluding hydrogens is 256 g/mol. The number of benzene rings is 1. The van der Waals surface area contributed by atoms with Crippen LogP contribution in [-0.2, 0) is 7.05 Å². The number of rotatable bonds is 2. The predicted molar refractivity (Wildman–Crippen MR) is 64.0 cm³/mol. The highest BCUT2D eigenvalue weighted by Crippen LogP contribution is 2.28. The van der Waals surface area contributed by atoms with Gasteiger partial charge in [-0.2, -0.15) is 0 Å². The van der Waals surface area contributed by atoms with Crippen molar-refractivity contribution in [3.8, 4) is 0 Å². The average molecular weight is 267 g/mol. The summed E-state index contributed by atoms with van der Waals surface area (Å²) in [6.07, 6.45) is 1.94. The van der Waals surface area contributed by atoms with E-state index in [0.717, 1.165) is 15.4 Å². The molecule has 2 aromatic rings. The van der Waals surface area contributed by atoms with Crippen molar-refractivity contribution in [2.45, 2.75) is 0 Å². The summed E-state index contributed by atoms with van der Waals surface area (Å²) in [7, 11) is 1.92. The zero-order chi connectivity index (χ0) is 11.0. The van der Waals surface area contributed by atoms with Crippen molar-refractivity contribution in [3.63, 3.8) is 0 Å². The Bertz CT molecular complexity index is 531. The van der Waals surface area contributed by atoms with Crippen molar-refractivity contribution in [2.75, 3.05) is 6.54 Å². The zero-order valence-corrected chi connectivity index (χ0v) is 9.91. The van der Waals surface area contributed by atoms with E-state index in [0.29, 0.717) is 5.56 Å². The van der Waals surface area contributed by atoms with Crippen molar-refractivity contribution in [1.29, 1.82) is 0 Å². The lowest BCUT2D eigenvalue weighted by Crippen LogP contribution is -2.14. The summed E-state index contributed by atoms with van der Waals surface area (Å²) in [5, 5.41) is 1.04. The summed E-state index contributed by atoms with van der Waals surface area (Å²) >= 11 is 3.46. The van der Waals surface area contributed by atoms with Crippen molar-refractivity contribution in [3.05, 3.63) is 34.4 Å². The summed E-state index contributed by atoms with van der Waals surface area (Å²) < 4.78 is 2.93. The number of aromatic nitrogens is 1. The third-order valence-corrected chi connectivity index (χ3v) is 3.07. The highest BCUT2D eigenvalue weighted by molar-refractivity contribution is 9.10. The van der Waals surface area contributed by atoms with Crippen LogP contribution in [0.15, 0.2) is 28.9 Å². The molecule has 0 atom stereocenters. The van der Waals surface area contributed by atoms with Gasteiger partial charge in [-0.3, -0.25) is 4.79 Å². The van der Waals surface area contributed by atoms with E-state index in [1.165, 1.54) is 0 Å². The van der Waals surface area contributed by atoms with Crippen molar-refractivity contribution < 1.29 is 4.79 Å². The molecule has 0 aliphatic rings. The van der Waals surface area contributed by atoms with E-state index >= 15 is 0 Å². The highest BCUT2D eigenvalue weighted by atomic mass is 79.9. The standard InChI is InChI=1S/C11H11BrN2O/c1-14-6-9(12)7-3-2-4-8(11(7)14)10(15)5-13/h2-4,6H,5,13H2,1H3. The summed E-state index contributed by atoms with van der Waals surface area (Å²) in [4.78, 5) is 11.6. The molecule has 0 bridgehead atoms. The van der Waals surface area contributed by atoms with Crippen LogP contribution < -0.4 is 5.73 Å². The lowest BCUT2D eigenvalue weighted by Gasteiger charge is -2.03. The van der Waals surface area contributed by atoms with Gasteiger partial charge < -0.3 is 10.3 Å². The molecule has 0 spiro atoms. The highest BCUT2D eigenvalue weighted by Gasteiger charge is 2.12. The number of hydrogen-bond acceptors (Lipinski definition) is 2. The zero-order valence-electron chi connectivity index (χ0n) is 8.33. The summed E-state index contributed by atoms with van der Waals surface area (Å²) in [6.45, 7) is 0.0436. The SMILES string of the molecule is Cn1cc(Br)c2cccc(C(=O)CN)c21. The second-order valence-electron chi connectivity index (χ2n) is 3.42. The van der Waals surface area contributed by atoms with Crippen LogP contribution in [0.3, 0.4) is 0 Å². The Balaban J connectivity index is 2.80. The topological polar surface area (TPSA) is 48.0 Å². The van der Waals surface area contributed by atoms with Crippen LogP contribution >= 0.6 is 15.9 Å². The monoisotopic (exact) mass is 266 g/mol. The van der Waals surface area contributed by atoms with Crippen LogP contribution in [0.25, 0.3) is 10.9 Å². The van der Waals surface area contributed by atoms with Crippen molar-refractivity contribution >= 4 is 32.6 Å². The predicted octanol–water partition coefficient (Wildman–Crippen LogP) is 2.08. The van der Waals surface area contributed by atoms with Crippen LogP contribution in [0.2, 0.25) is 0 Å². The van der Waals surface area contributed by atoms with Crippen LogP contribution in [0.1, 0.15) is 10.4 Å². The Morgan fingerprint density at radius 2 is 2.27 bits per heavy atom. The molecule has 2 rings (SSSR count). The third kappa shape index (κ3) is 1.60. The van der Waals surface area contributed by atoms with Crippen LogP contribution in [-0.4, -0.2) is 16.9 Å². The summed E-state index contributed by atoms with van der Waals surface area (Å²) in [5.74, 6) is -0.0331. The minimum Gasteiger partial charge on any atom is -0.349 e. The van der Waals surface area contributed by atoms with E-state index in [-0.39, 0.29) is 12.3 Å². The van der Waals surface area contributed by atoms with E-state index in [9.17, 15) is 4.79 Å². The maximum atomic E-state index is 11.6. The van der Waals surface area contributed by atoms with Crippen molar-refractivity contribution in [1.82, 2.24) is 4.57 Å². The van der Waals surface area contributed by atoms with Gasteiger partial charge in [-0.15, -0.1) is 0 Å². The average Bonchev–Trinajstić information content (AvgIpc) is 2.54.